The number of hydrogen-bond acceptors (Lipinski definition) is 2. The topological polar surface area (TPSA) is 26.3 Å². The van der Waals surface area contributed by atoms with Crippen LogP contribution < -0.4 is 0 Å². The fourth-order valence-corrected chi connectivity index (χ4v) is 1.26. The van der Waals surface area contributed by atoms with Crippen molar-refractivity contribution in [3.05, 3.63) is 0 Å². The Labute approximate surface area is 93.9 Å². The molecular formula is C9H12F6O2. The van der Waals surface area contributed by atoms with Crippen molar-refractivity contribution in [3.8, 4) is 0 Å². The molecule has 0 bridgehead atoms. The van der Waals surface area contributed by atoms with Crippen molar-refractivity contribution in [2.75, 3.05) is 6.61 Å². The van der Waals surface area contributed by atoms with Gasteiger partial charge in [0.15, 0.2) is 0 Å². The van der Waals surface area contributed by atoms with Crippen LogP contribution in [0.1, 0.15) is 26.7 Å². The molecule has 0 spiro atoms. The van der Waals surface area contributed by atoms with Gasteiger partial charge in [0.1, 0.15) is 0 Å². The average molecular weight is 266 g/mol. The second-order valence-corrected chi connectivity index (χ2v) is 3.39. The summed E-state index contributed by atoms with van der Waals surface area (Å²) >= 11 is 0. The maximum Gasteiger partial charge on any atom is 0.413 e. The highest BCUT2D eigenvalue weighted by molar-refractivity contribution is 5.79. The van der Waals surface area contributed by atoms with Gasteiger partial charge in [-0.2, -0.15) is 26.3 Å². The Morgan fingerprint density at radius 3 is 1.65 bits per heavy atom. The Kier molecular flexibility index (Phi) is 4.85. The van der Waals surface area contributed by atoms with Crippen LogP contribution in [-0.4, -0.2) is 24.9 Å². The van der Waals surface area contributed by atoms with Gasteiger partial charge in [0.05, 0.1) is 6.61 Å². The lowest BCUT2D eigenvalue weighted by Crippen LogP contribution is -2.56. The van der Waals surface area contributed by atoms with Gasteiger partial charge in [-0.3, -0.25) is 4.79 Å². The van der Waals surface area contributed by atoms with Crippen molar-refractivity contribution in [1.82, 2.24) is 0 Å². The molecule has 0 unspecified atom stereocenters. The van der Waals surface area contributed by atoms with E-state index in [1.807, 2.05) is 0 Å². The van der Waals surface area contributed by atoms with E-state index in [2.05, 4.69) is 4.74 Å². The monoisotopic (exact) mass is 266 g/mol. The first-order valence-corrected chi connectivity index (χ1v) is 4.85. The number of halogens is 6. The Morgan fingerprint density at radius 2 is 1.41 bits per heavy atom. The lowest BCUT2D eigenvalue weighted by Gasteiger charge is -2.33. The summed E-state index contributed by atoms with van der Waals surface area (Å²) in [5.74, 6) is -2.29. The average Bonchev–Trinajstić information content (AvgIpc) is 2.11. The highest BCUT2D eigenvalue weighted by atomic mass is 19.4. The van der Waals surface area contributed by atoms with Crippen LogP contribution in [0, 0.1) is 5.41 Å². The minimum absolute atomic E-state index is 0.140. The summed E-state index contributed by atoms with van der Waals surface area (Å²) in [7, 11) is 0. The molecule has 0 rings (SSSR count). The third kappa shape index (κ3) is 2.84. The molecular weight excluding hydrogens is 254 g/mol. The van der Waals surface area contributed by atoms with E-state index in [9.17, 15) is 31.1 Å². The van der Waals surface area contributed by atoms with Gasteiger partial charge < -0.3 is 4.74 Å². The maximum atomic E-state index is 12.5. The zero-order valence-corrected chi connectivity index (χ0v) is 9.21. The minimum atomic E-state index is -5.73. The van der Waals surface area contributed by atoms with Gasteiger partial charge in [-0.25, -0.2) is 0 Å². The molecule has 0 aromatic carbocycles. The largest absolute Gasteiger partial charge is 0.465 e. The van der Waals surface area contributed by atoms with E-state index < -0.39 is 36.8 Å². The molecule has 2 nitrogen and oxygen atoms in total. The molecule has 0 aliphatic heterocycles. The number of esters is 1. The van der Waals surface area contributed by atoms with Gasteiger partial charge in [-0.05, 0) is 12.8 Å². The van der Waals surface area contributed by atoms with E-state index in [0.717, 1.165) is 0 Å². The summed E-state index contributed by atoms with van der Waals surface area (Å²) in [6, 6.07) is 0. The van der Waals surface area contributed by atoms with E-state index in [4.69, 9.17) is 0 Å². The van der Waals surface area contributed by atoms with Crippen LogP contribution in [0.3, 0.4) is 0 Å². The number of alkyl halides is 6. The number of carbonyl (C=O) groups is 1. The van der Waals surface area contributed by atoms with Gasteiger partial charge in [-0.1, -0.05) is 13.8 Å². The van der Waals surface area contributed by atoms with Crippen LogP contribution in [-0.2, 0) is 9.53 Å². The second-order valence-electron chi connectivity index (χ2n) is 3.39. The quantitative estimate of drug-likeness (QED) is 0.575. The molecule has 0 atom stereocenters. The molecule has 0 heterocycles. The van der Waals surface area contributed by atoms with Crippen LogP contribution in [0.2, 0.25) is 0 Å². The van der Waals surface area contributed by atoms with Crippen LogP contribution in [0.25, 0.3) is 0 Å². The Bertz CT molecular complexity index is 254. The molecule has 0 fully saturated rings. The first-order chi connectivity index (χ1) is 7.54. The number of rotatable bonds is 4. The van der Waals surface area contributed by atoms with E-state index in [1.54, 1.807) is 0 Å². The van der Waals surface area contributed by atoms with Gasteiger partial charge >= 0.3 is 18.3 Å². The highest BCUT2D eigenvalue weighted by Crippen LogP contribution is 2.53. The summed E-state index contributed by atoms with van der Waals surface area (Å²) in [4.78, 5) is 11.1. The summed E-state index contributed by atoms with van der Waals surface area (Å²) in [6.07, 6.45) is -12.8. The highest BCUT2D eigenvalue weighted by Gasteiger charge is 2.75. The SMILES string of the molecule is CCCOC(=O)C(CC)(C(F)(F)F)C(F)(F)F. The Morgan fingerprint density at radius 1 is 1.00 bits per heavy atom. The number of hydrogen-bond donors (Lipinski definition) is 0. The van der Waals surface area contributed by atoms with Gasteiger partial charge in [0.2, 0.25) is 0 Å². The molecule has 102 valence electrons. The third-order valence-corrected chi connectivity index (χ3v) is 2.28. The standard InChI is InChI=1S/C9H12F6O2/c1-3-5-17-6(16)7(4-2,8(10,11)12)9(13,14)15/h3-5H2,1-2H3. The molecule has 0 N–H and O–H groups in total. The molecule has 0 aliphatic rings. The van der Waals surface area contributed by atoms with Crippen LogP contribution in [0.5, 0.6) is 0 Å². The fourth-order valence-electron chi connectivity index (χ4n) is 1.26. The maximum absolute atomic E-state index is 12.5. The fraction of sp³-hybridized carbons (Fsp3) is 0.889. The summed E-state index contributed by atoms with van der Waals surface area (Å²) < 4.78 is 79.2. The third-order valence-electron chi connectivity index (χ3n) is 2.28. The molecule has 0 aromatic rings. The zero-order valence-electron chi connectivity index (χ0n) is 9.21. The van der Waals surface area contributed by atoms with Crippen molar-refractivity contribution in [2.24, 2.45) is 5.41 Å². The molecule has 0 aliphatic carbocycles. The lowest BCUT2D eigenvalue weighted by atomic mass is 9.83. The van der Waals surface area contributed by atoms with E-state index in [1.165, 1.54) is 6.92 Å². The van der Waals surface area contributed by atoms with Crippen LogP contribution in [0.15, 0.2) is 0 Å². The number of carbonyl (C=O) groups excluding carboxylic acids is 1. The van der Waals surface area contributed by atoms with Crippen molar-refractivity contribution < 1.29 is 35.9 Å². The van der Waals surface area contributed by atoms with Crippen molar-refractivity contribution in [3.63, 3.8) is 0 Å². The van der Waals surface area contributed by atoms with Crippen molar-refractivity contribution in [2.45, 2.75) is 39.0 Å². The second kappa shape index (κ2) is 5.14. The molecule has 0 saturated carbocycles. The summed E-state index contributed by atoms with van der Waals surface area (Å²) in [5, 5.41) is 0. The molecule has 0 amide bonds. The van der Waals surface area contributed by atoms with Gasteiger partial charge in [0.25, 0.3) is 5.41 Å². The van der Waals surface area contributed by atoms with Crippen molar-refractivity contribution >= 4 is 5.97 Å². The molecule has 0 radical (unpaired) electrons. The molecule has 0 saturated heterocycles. The van der Waals surface area contributed by atoms with Crippen LogP contribution >= 0.6 is 0 Å². The Hall–Kier alpha value is -0.950. The molecule has 0 aromatic heterocycles. The summed E-state index contributed by atoms with van der Waals surface area (Å²) in [6.45, 7) is 1.63. The normalized spacial score (nSPS) is 13.6. The smallest absolute Gasteiger partial charge is 0.413 e. The van der Waals surface area contributed by atoms with E-state index in [0.29, 0.717) is 6.92 Å². The first-order valence-electron chi connectivity index (χ1n) is 4.85. The first kappa shape index (κ1) is 16.1. The molecule has 17 heavy (non-hydrogen) atoms. The predicted molar refractivity (Wildman–Crippen MR) is 46.1 cm³/mol. The van der Waals surface area contributed by atoms with E-state index >= 15 is 0 Å². The van der Waals surface area contributed by atoms with Gasteiger partial charge in [0, 0.05) is 0 Å². The number of ether oxygens (including phenoxy) is 1. The zero-order chi connectivity index (χ0) is 13.9. The Balaban J connectivity index is 5.45. The summed E-state index contributed by atoms with van der Waals surface area (Å²) in [5.41, 5.74) is -4.44. The van der Waals surface area contributed by atoms with Crippen molar-refractivity contribution in [1.29, 1.82) is 0 Å². The van der Waals surface area contributed by atoms with Crippen LogP contribution in [0.4, 0.5) is 26.3 Å². The molecule has 8 heteroatoms. The predicted octanol–water partition coefficient (Wildman–Crippen LogP) is 3.46. The van der Waals surface area contributed by atoms with E-state index in [-0.39, 0.29) is 6.42 Å². The lowest BCUT2D eigenvalue weighted by molar-refractivity contribution is -0.333. The minimum Gasteiger partial charge on any atom is -0.465 e. The van der Waals surface area contributed by atoms with Gasteiger partial charge in [-0.15, -0.1) is 0 Å².